The maximum absolute atomic E-state index is 11.8. The Labute approximate surface area is 132 Å². The van der Waals surface area contributed by atoms with E-state index in [0.29, 0.717) is 24.3 Å². The van der Waals surface area contributed by atoms with Crippen molar-refractivity contribution in [2.75, 3.05) is 13.2 Å². The van der Waals surface area contributed by atoms with Gasteiger partial charge in [0.15, 0.2) is 0 Å². The fourth-order valence-electron chi connectivity index (χ4n) is 1.91. The zero-order chi connectivity index (χ0) is 16.2. The molecule has 0 aliphatic rings. The minimum Gasteiger partial charge on any atom is -0.462 e. The molecule has 0 radical (unpaired) electrons. The minimum absolute atomic E-state index is 0.345. The Morgan fingerprint density at radius 2 is 1.18 bits per heavy atom. The van der Waals surface area contributed by atoms with E-state index in [1.54, 1.807) is 24.3 Å². The van der Waals surface area contributed by atoms with Crippen molar-refractivity contribution in [3.63, 3.8) is 0 Å². The third-order valence-corrected chi connectivity index (χ3v) is 3.32. The summed E-state index contributed by atoms with van der Waals surface area (Å²) in [6.07, 6.45) is 6.12. The van der Waals surface area contributed by atoms with Crippen molar-refractivity contribution in [1.82, 2.24) is 0 Å². The van der Waals surface area contributed by atoms with Crippen LogP contribution in [-0.4, -0.2) is 25.2 Å². The van der Waals surface area contributed by atoms with Crippen LogP contribution in [0.4, 0.5) is 0 Å². The molecule has 0 aliphatic carbocycles. The molecular formula is C18H26O4. The number of esters is 2. The number of carbonyl (C=O) groups is 2. The minimum atomic E-state index is -0.354. The third kappa shape index (κ3) is 6.74. The lowest BCUT2D eigenvalue weighted by atomic mass is 10.1. The van der Waals surface area contributed by atoms with Gasteiger partial charge in [0.2, 0.25) is 0 Å². The van der Waals surface area contributed by atoms with Gasteiger partial charge in [-0.1, -0.05) is 39.5 Å². The zero-order valence-corrected chi connectivity index (χ0v) is 13.6. The summed E-state index contributed by atoms with van der Waals surface area (Å²) in [6.45, 7) is 5.05. The summed E-state index contributed by atoms with van der Waals surface area (Å²) >= 11 is 0. The highest BCUT2D eigenvalue weighted by molar-refractivity contribution is 5.93. The number of hydrogen-bond acceptors (Lipinski definition) is 4. The van der Waals surface area contributed by atoms with E-state index in [9.17, 15) is 9.59 Å². The van der Waals surface area contributed by atoms with Crippen LogP contribution in [0.2, 0.25) is 0 Å². The second-order valence-electron chi connectivity index (χ2n) is 5.26. The quantitative estimate of drug-likeness (QED) is 0.475. The first-order chi connectivity index (χ1) is 10.7. The molecule has 0 heterocycles. The molecule has 22 heavy (non-hydrogen) atoms. The summed E-state index contributed by atoms with van der Waals surface area (Å²) in [5, 5.41) is 0. The lowest BCUT2D eigenvalue weighted by molar-refractivity contribution is 0.0484. The molecule has 0 saturated heterocycles. The van der Waals surface area contributed by atoms with Crippen molar-refractivity contribution in [2.45, 2.75) is 52.4 Å². The van der Waals surface area contributed by atoms with Crippen LogP contribution >= 0.6 is 0 Å². The van der Waals surface area contributed by atoms with Gasteiger partial charge in [0.05, 0.1) is 24.3 Å². The number of rotatable bonds is 10. The van der Waals surface area contributed by atoms with E-state index in [2.05, 4.69) is 6.92 Å². The van der Waals surface area contributed by atoms with E-state index in [-0.39, 0.29) is 11.9 Å². The molecule has 0 N–H and O–H groups in total. The molecule has 0 unspecified atom stereocenters. The lowest BCUT2D eigenvalue weighted by Gasteiger charge is -2.06. The van der Waals surface area contributed by atoms with Crippen LogP contribution in [0, 0.1) is 0 Å². The van der Waals surface area contributed by atoms with Crippen molar-refractivity contribution in [2.24, 2.45) is 0 Å². The second-order valence-corrected chi connectivity index (χ2v) is 5.26. The second kappa shape index (κ2) is 10.8. The Balaban J connectivity index is 2.39. The van der Waals surface area contributed by atoms with E-state index in [1.165, 1.54) is 0 Å². The summed E-state index contributed by atoms with van der Waals surface area (Å²) in [4.78, 5) is 23.6. The van der Waals surface area contributed by atoms with Crippen LogP contribution in [0.5, 0.6) is 0 Å². The molecule has 0 fully saturated rings. The molecule has 0 aromatic heterocycles. The predicted octanol–water partition coefficient (Wildman–Crippen LogP) is 4.38. The maximum atomic E-state index is 11.8. The van der Waals surface area contributed by atoms with Gasteiger partial charge in [-0.05, 0) is 37.1 Å². The first kappa shape index (κ1) is 18.2. The van der Waals surface area contributed by atoms with Gasteiger partial charge in [0.25, 0.3) is 0 Å². The zero-order valence-electron chi connectivity index (χ0n) is 13.6. The number of hydrogen-bond donors (Lipinski definition) is 0. The number of ether oxygens (including phenoxy) is 2. The first-order valence-electron chi connectivity index (χ1n) is 8.13. The lowest BCUT2D eigenvalue weighted by Crippen LogP contribution is -2.09. The van der Waals surface area contributed by atoms with Crippen molar-refractivity contribution in [3.05, 3.63) is 35.4 Å². The van der Waals surface area contributed by atoms with E-state index in [0.717, 1.165) is 38.5 Å². The summed E-state index contributed by atoms with van der Waals surface area (Å²) in [7, 11) is 0. The monoisotopic (exact) mass is 306 g/mol. The van der Waals surface area contributed by atoms with Crippen molar-refractivity contribution in [1.29, 1.82) is 0 Å². The van der Waals surface area contributed by atoms with Gasteiger partial charge in [-0.25, -0.2) is 9.59 Å². The summed E-state index contributed by atoms with van der Waals surface area (Å²) in [6, 6.07) is 6.40. The van der Waals surface area contributed by atoms with E-state index >= 15 is 0 Å². The van der Waals surface area contributed by atoms with Crippen molar-refractivity contribution >= 4 is 11.9 Å². The van der Waals surface area contributed by atoms with E-state index in [4.69, 9.17) is 9.47 Å². The average molecular weight is 306 g/mol. The Morgan fingerprint density at radius 1 is 0.727 bits per heavy atom. The van der Waals surface area contributed by atoms with E-state index in [1.807, 2.05) is 6.92 Å². The molecule has 0 amide bonds. The molecule has 1 aromatic carbocycles. The predicted molar refractivity (Wildman–Crippen MR) is 86.1 cm³/mol. The molecule has 1 aromatic rings. The van der Waals surface area contributed by atoms with Gasteiger partial charge in [-0.15, -0.1) is 0 Å². The SMILES string of the molecule is CCCCCCOC(=O)c1ccc(C(=O)OCCCC)cc1. The summed E-state index contributed by atoms with van der Waals surface area (Å²) in [5.74, 6) is -0.699. The topological polar surface area (TPSA) is 52.6 Å². The molecule has 4 nitrogen and oxygen atoms in total. The first-order valence-corrected chi connectivity index (χ1v) is 8.13. The molecule has 0 aliphatic heterocycles. The van der Waals surface area contributed by atoms with E-state index < -0.39 is 0 Å². The normalized spacial score (nSPS) is 10.3. The average Bonchev–Trinajstić information content (AvgIpc) is 2.54. The van der Waals surface area contributed by atoms with Gasteiger partial charge < -0.3 is 9.47 Å². The highest BCUT2D eigenvalue weighted by Gasteiger charge is 2.10. The van der Waals surface area contributed by atoms with Crippen LogP contribution in [0.3, 0.4) is 0 Å². The van der Waals surface area contributed by atoms with Gasteiger partial charge in [-0.3, -0.25) is 0 Å². The molecular weight excluding hydrogens is 280 g/mol. The summed E-state index contributed by atoms with van der Waals surface area (Å²) in [5.41, 5.74) is 0.913. The number of unbranched alkanes of at least 4 members (excludes halogenated alkanes) is 4. The standard InChI is InChI=1S/C18H26O4/c1-3-5-7-8-14-22-18(20)16-11-9-15(10-12-16)17(19)21-13-6-4-2/h9-12H,3-8,13-14H2,1-2H3. The highest BCUT2D eigenvalue weighted by Crippen LogP contribution is 2.09. The fraction of sp³-hybridized carbons (Fsp3) is 0.556. The molecule has 0 saturated carbocycles. The molecule has 4 heteroatoms. The molecule has 0 spiro atoms. The number of carbonyl (C=O) groups excluding carboxylic acids is 2. The van der Waals surface area contributed by atoms with Gasteiger partial charge in [-0.2, -0.15) is 0 Å². The van der Waals surface area contributed by atoms with Crippen LogP contribution in [0.25, 0.3) is 0 Å². The van der Waals surface area contributed by atoms with Crippen LogP contribution in [0.15, 0.2) is 24.3 Å². The van der Waals surface area contributed by atoms with Crippen LogP contribution < -0.4 is 0 Å². The Hall–Kier alpha value is -1.84. The third-order valence-electron chi connectivity index (χ3n) is 3.32. The highest BCUT2D eigenvalue weighted by atomic mass is 16.5. The van der Waals surface area contributed by atoms with Gasteiger partial charge in [0, 0.05) is 0 Å². The molecule has 0 bridgehead atoms. The Bertz CT molecular complexity index is 451. The molecule has 0 atom stereocenters. The Kier molecular flexibility index (Phi) is 8.96. The van der Waals surface area contributed by atoms with Crippen LogP contribution in [0.1, 0.15) is 73.1 Å². The van der Waals surface area contributed by atoms with Crippen molar-refractivity contribution in [3.8, 4) is 0 Å². The van der Waals surface area contributed by atoms with Gasteiger partial charge in [0.1, 0.15) is 0 Å². The molecule has 122 valence electrons. The van der Waals surface area contributed by atoms with Crippen LogP contribution in [-0.2, 0) is 9.47 Å². The molecule has 1 rings (SSSR count). The fourth-order valence-corrected chi connectivity index (χ4v) is 1.91. The van der Waals surface area contributed by atoms with Crippen molar-refractivity contribution < 1.29 is 19.1 Å². The largest absolute Gasteiger partial charge is 0.462 e. The summed E-state index contributed by atoms with van der Waals surface area (Å²) < 4.78 is 10.3. The van der Waals surface area contributed by atoms with Gasteiger partial charge >= 0.3 is 11.9 Å². The maximum Gasteiger partial charge on any atom is 0.338 e. The smallest absolute Gasteiger partial charge is 0.338 e. The Morgan fingerprint density at radius 3 is 1.64 bits per heavy atom. The number of benzene rings is 1.